The molecule has 0 aliphatic heterocycles. The quantitative estimate of drug-likeness (QED) is 0.744. The summed E-state index contributed by atoms with van der Waals surface area (Å²) < 4.78 is 0. The number of hydrogen-bond donors (Lipinski definition) is 2. The fourth-order valence-corrected chi connectivity index (χ4v) is 3.16. The molecule has 1 fully saturated rings. The highest BCUT2D eigenvalue weighted by Gasteiger charge is 2.56. The molecule has 0 atom stereocenters. The zero-order valence-corrected chi connectivity index (χ0v) is 16.0. The normalized spacial score (nSPS) is 15.2. The van der Waals surface area contributed by atoms with Gasteiger partial charge in [0.1, 0.15) is 5.41 Å². The molecule has 2 N–H and O–H groups in total. The Hall–Kier alpha value is -2.33. The van der Waals surface area contributed by atoms with Crippen molar-refractivity contribution in [2.75, 3.05) is 10.6 Å². The van der Waals surface area contributed by atoms with E-state index in [-0.39, 0.29) is 17.2 Å². The number of nitrogens with one attached hydrogen (secondary N) is 2. The lowest BCUT2D eigenvalue weighted by Crippen LogP contribution is -2.36. The molecule has 0 unspecified atom stereocenters. The van der Waals surface area contributed by atoms with Crippen molar-refractivity contribution in [2.45, 2.75) is 39.0 Å². The van der Waals surface area contributed by atoms with Crippen molar-refractivity contribution < 1.29 is 9.59 Å². The van der Waals surface area contributed by atoms with Crippen molar-refractivity contribution in [3.05, 3.63) is 59.1 Å². The predicted molar refractivity (Wildman–Crippen MR) is 106 cm³/mol. The van der Waals surface area contributed by atoms with Gasteiger partial charge in [0, 0.05) is 5.69 Å². The number of anilines is 2. The molecule has 0 spiro atoms. The molecule has 0 aromatic heterocycles. The van der Waals surface area contributed by atoms with Crippen LogP contribution < -0.4 is 10.6 Å². The summed E-state index contributed by atoms with van der Waals surface area (Å²) in [6, 6.07) is 14.7. The molecule has 2 amide bonds. The second kappa shape index (κ2) is 6.76. The molecule has 0 bridgehead atoms. The van der Waals surface area contributed by atoms with Crippen molar-refractivity contribution in [3.63, 3.8) is 0 Å². The number of carbonyl (C=O) groups excluding carboxylic acids is 2. The van der Waals surface area contributed by atoms with Gasteiger partial charge in [-0.1, -0.05) is 62.7 Å². The van der Waals surface area contributed by atoms with Gasteiger partial charge in [0.25, 0.3) is 0 Å². The van der Waals surface area contributed by atoms with Crippen LogP contribution >= 0.6 is 11.6 Å². The molecule has 5 heteroatoms. The number of halogens is 1. The SMILES string of the molecule is CC(C)(C)c1ccccc1NC(=O)C1(C(=O)Nc2ccccc2Cl)CC1. The third kappa shape index (κ3) is 3.61. The summed E-state index contributed by atoms with van der Waals surface area (Å²) >= 11 is 6.10. The summed E-state index contributed by atoms with van der Waals surface area (Å²) in [5.74, 6) is -0.574. The standard InChI is InChI=1S/C21H23ClN2O2/c1-20(2,3)14-8-4-6-10-16(14)23-18(25)21(12-13-21)19(26)24-17-11-7-5-9-15(17)22/h4-11H,12-13H2,1-3H3,(H,23,25)(H,24,26). The third-order valence-electron chi connectivity index (χ3n) is 4.72. The van der Waals surface area contributed by atoms with Crippen molar-refractivity contribution in [1.29, 1.82) is 0 Å². The smallest absolute Gasteiger partial charge is 0.240 e. The molecule has 1 aliphatic carbocycles. The molecule has 2 aromatic rings. The molecule has 0 radical (unpaired) electrons. The second-order valence-electron chi connectivity index (χ2n) is 7.77. The van der Waals surface area contributed by atoms with Gasteiger partial charge in [-0.15, -0.1) is 0 Å². The Labute approximate surface area is 158 Å². The molecule has 3 rings (SSSR count). The molecular weight excluding hydrogens is 348 g/mol. The van der Waals surface area contributed by atoms with Crippen LogP contribution in [0.4, 0.5) is 11.4 Å². The highest BCUT2D eigenvalue weighted by atomic mass is 35.5. The van der Waals surface area contributed by atoms with E-state index >= 15 is 0 Å². The van der Waals surface area contributed by atoms with Gasteiger partial charge in [-0.25, -0.2) is 0 Å². The summed E-state index contributed by atoms with van der Waals surface area (Å²) in [4.78, 5) is 25.6. The van der Waals surface area contributed by atoms with E-state index in [1.165, 1.54) is 0 Å². The minimum Gasteiger partial charge on any atom is -0.325 e. The van der Waals surface area contributed by atoms with Gasteiger partial charge in [-0.3, -0.25) is 9.59 Å². The van der Waals surface area contributed by atoms with Crippen LogP contribution in [0, 0.1) is 5.41 Å². The molecular formula is C21H23ClN2O2. The monoisotopic (exact) mass is 370 g/mol. The minimum atomic E-state index is -1.02. The number of para-hydroxylation sites is 2. The first kappa shape index (κ1) is 18.5. The maximum atomic E-state index is 12.9. The maximum absolute atomic E-state index is 12.9. The van der Waals surface area contributed by atoms with Crippen molar-refractivity contribution in [1.82, 2.24) is 0 Å². The highest BCUT2D eigenvalue weighted by Crippen LogP contribution is 2.48. The van der Waals surface area contributed by atoms with Crippen LogP contribution in [0.15, 0.2) is 48.5 Å². The van der Waals surface area contributed by atoms with Gasteiger partial charge in [0.2, 0.25) is 11.8 Å². The molecule has 0 heterocycles. The van der Waals surface area contributed by atoms with E-state index in [2.05, 4.69) is 31.4 Å². The van der Waals surface area contributed by atoms with Crippen LogP contribution in [0.1, 0.15) is 39.2 Å². The molecule has 1 aliphatic rings. The van der Waals surface area contributed by atoms with E-state index in [1.807, 2.05) is 24.3 Å². The zero-order chi connectivity index (χ0) is 18.9. The summed E-state index contributed by atoms with van der Waals surface area (Å²) in [5, 5.41) is 6.22. The van der Waals surface area contributed by atoms with Gasteiger partial charge in [-0.05, 0) is 42.0 Å². The van der Waals surface area contributed by atoms with Gasteiger partial charge in [-0.2, -0.15) is 0 Å². The Balaban J connectivity index is 1.78. The largest absolute Gasteiger partial charge is 0.325 e. The molecule has 4 nitrogen and oxygen atoms in total. The Morgan fingerprint density at radius 3 is 1.92 bits per heavy atom. The molecule has 0 saturated heterocycles. The van der Waals surface area contributed by atoms with Crippen molar-refractivity contribution in [2.24, 2.45) is 5.41 Å². The Morgan fingerprint density at radius 2 is 1.38 bits per heavy atom. The molecule has 136 valence electrons. The Morgan fingerprint density at radius 1 is 0.885 bits per heavy atom. The van der Waals surface area contributed by atoms with Crippen LogP contribution in [0.2, 0.25) is 5.02 Å². The number of hydrogen-bond acceptors (Lipinski definition) is 2. The number of benzene rings is 2. The summed E-state index contributed by atoms with van der Waals surface area (Å²) in [7, 11) is 0. The van der Waals surface area contributed by atoms with E-state index in [4.69, 9.17) is 11.6 Å². The average Bonchev–Trinajstić information content (AvgIpc) is 3.38. The van der Waals surface area contributed by atoms with E-state index in [0.717, 1.165) is 11.3 Å². The van der Waals surface area contributed by atoms with Crippen molar-refractivity contribution in [3.8, 4) is 0 Å². The fourth-order valence-electron chi connectivity index (χ4n) is 2.97. The first-order chi connectivity index (χ1) is 12.2. The van der Waals surface area contributed by atoms with Crippen molar-refractivity contribution >= 4 is 34.8 Å². The lowest BCUT2D eigenvalue weighted by Gasteiger charge is -2.24. The Bertz CT molecular complexity index is 851. The lowest BCUT2D eigenvalue weighted by atomic mass is 9.85. The van der Waals surface area contributed by atoms with Crippen LogP contribution in [0.5, 0.6) is 0 Å². The van der Waals surface area contributed by atoms with Crippen LogP contribution in [0.3, 0.4) is 0 Å². The van der Waals surface area contributed by atoms with Gasteiger partial charge >= 0.3 is 0 Å². The third-order valence-corrected chi connectivity index (χ3v) is 5.05. The first-order valence-corrected chi connectivity index (χ1v) is 9.09. The van der Waals surface area contributed by atoms with E-state index in [1.54, 1.807) is 24.3 Å². The van der Waals surface area contributed by atoms with Gasteiger partial charge in [0.05, 0.1) is 10.7 Å². The minimum absolute atomic E-state index is 0.111. The summed E-state index contributed by atoms with van der Waals surface area (Å²) in [5.41, 5.74) is 1.18. The second-order valence-corrected chi connectivity index (χ2v) is 8.17. The van der Waals surface area contributed by atoms with E-state index < -0.39 is 5.41 Å². The predicted octanol–water partition coefficient (Wildman–Crippen LogP) is 4.99. The van der Waals surface area contributed by atoms with Crippen LogP contribution in [-0.2, 0) is 15.0 Å². The van der Waals surface area contributed by atoms with E-state index in [0.29, 0.717) is 23.6 Å². The zero-order valence-electron chi connectivity index (χ0n) is 15.2. The summed E-state index contributed by atoms with van der Waals surface area (Å²) in [6.07, 6.45) is 1.07. The van der Waals surface area contributed by atoms with E-state index in [9.17, 15) is 9.59 Å². The highest BCUT2D eigenvalue weighted by molar-refractivity contribution is 6.34. The number of carbonyl (C=O) groups is 2. The number of rotatable bonds is 4. The molecule has 2 aromatic carbocycles. The van der Waals surface area contributed by atoms with Crippen LogP contribution in [-0.4, -0.2) is 11.8 Å². The average molecular weight is 371 g/mol. The first-order valence-electron chi connectivity index (χ1n) is 8.71. The number of amides is 2. The molecule has 26 heavy (non-hydrogen) atoms. The van der Waals surface area contributed by atoms with Gasteiger partial charge < -0.3 is 10.6 Å². The van der Waals surface area contributed by atoms with Crippen LogP contribution in [0.25, 0.3) is 0 Å². The molecule has 1 saturated carbocycles. The lowest BCUT2D eigenvalue weighted by molar-refractivity contribution is -0.131. The maximum Gasteiger partial charge on any atom is 0.240 e. The summed E-state index contributed by atoms with van der Waals surface area (Å²) in [6.45, 7) is 6.28. The van der Waals surface area contributed by atoms with Gasteiger partial charge in [0.15, 0.2) is 0 Å². The topological polar surface area (TPSA) is 58.2 Å². The fraction of sp³-hybridized carbons (Fsp3) is 0.333. The Kier molecular flexibility index (Phi) is 4.80.